The summed E-state index contributed by atoms with van der Waals surface area (Å²) in [6.07, 6.45) is 6.19. The molecule has 1 aromatic carbocycles. The summed E-state index contributed by atoms with van der Waals surface area (Å²) < 4.78 is 44.1. The number of aliphatic hydroxyl groups is 1. The van der Waals surface area contributed by atoms with Crippen LogP contribution in [-0.4, -0.2) is 41.9 Å². The summed E-state index contributed by atoms with van der Waals surface area (Å²) in [6.45, 7) is 3.90. The predicted molar refractivity (Wildman–Crippen MR) is 132 cm³/mol. The van der Waals surface area contributed by atoms with Gasteiger partial charge in [0.2, 0.25) is 0 Å². The number of fused-ring (bicyclic) bond motifs is 3. The summed E-state index contributed by atoms with van der Waals surface area (Å²) in [5, 5.41) is 13.1. The fourth-order valence-electron chi connectivity index (χ4n) is 6.27. The third-order valence-electron chi connectivity index (χ3n) is 7.69. The molecule has 1 fully saturated rings. The highest BCUT2D eigenvalue weighted by Crippen LogP contribution is 2.44. The van der Waals surface area contributed by atoms with Crippen molar-refractivity contribution < 1.29 is 22.7 Å². The number of amides is 1. The van der Waals surface area contributed by atoms with Crippen molar-refractivity contribution in [3.05, 3.63) is 40.5 Å². The molecule has 0 radical (unpaired) electrons. The zero-order valence-electron chi connectivity index (χ0n) is 20.4. The molecule has 35 heavy (non-hydrogen) atoms. The third kappa shape index (κ3) is 4.37. The fourth-order valence-corrected chi connectivity index (χ4v) is 8.67. The quantitative estimate of drug-likeness (QED) is 0.589. The first-order valence-electron chi connectivity index (χ1n) is 12.5. The lowest BCUT2D eigenvalue weighted by Crippen LogP contribution is -2.33. The molecule has 0 atom stereocenters. The lowest BCUT2D eigenvalue weighted by molar-refractivity contribution is 0.0996. The molecule has 9 heteroatoms. The second kappa shape index (κ2) is 8.62. The van der Waals surface area contributed by atoms with E-state index < -0.39 is 27.0 Å². The van der Waals surface area contributed by atoms with Gasteiger partial charge in [0.05, 0.1) is 33.7 Å². The number of nitrogens with one attached hydrogen (secondary N) is 1. The molecule has 190 valence electrons. The number of carbonyl (C=O) groups is 1. The summed E-state index contributed by atoms with van der Waals surface area (Å²) in [4.78, 5) is 12.6. The van der Waals surface area contributed by atoms with E-state index >= 15 is 4.39 Å². The van der Waals surface area contributed by atoms with Gasteiger partial charge in [-0.25, -0.2) is 12.8 Å². The second-order valence-electron chi connectivity index (χ2n) is 11.2. The number of primary amides is 1. The smallest absolute Gasteiger partial charge is 0.253 e. The minimum absolute atomic E-state index is 0.0158. The van der Waals surface area contributed by atoms with Crippen LogP contribution in [0.1, 0.15) is 79.7 Å². The Morgan fingerprint density at radius 2 is 1.83 bits per heavy atom. The van der Waals surface area contributed by atoms with Gasteiger partial charge in [0, 0.05) is 17.4 Å². The van der Waals surface area contributed by atoms with Crippen molar-refractivity contribution in [3.8, 4) is 5.69 Å². The Bertz CT molecular complexity index is 1290. The summed E-state index contributed by atoms with van der Waals surface area (Å²) >= 11 is 0. The number of halogens is 1. The topological polar surface area (TPSA) is 114 Å². The zero-order valence-corrected chi connectivity index (χ0v) is 21.2. The molecule has 0 saturated heterocycles. The molecule has 2 aliphatic carbocycles. The van der Waals surface area contributed by atoms with Crippen LogP contribution in [0.5, 0.6) is 0 Å². The van der Waals surface area contributed by atoms with Gasteiger partial charge in [-0.3, -0.25) is 4.79 Å². The highest BCUT2D eigenvalue weighted by atomic mass is 32.2. The number of anilines is 1. The average Bonchev–Trinajstić information content (AvgIpc) is 3.07. The maximum Gasteiger partial charge on any atom is 0.253 e. The van der Waals surface area contributed by atoms with Crippen molar-refractivity contribution in [2.75, 3.05) is 11.1 Å². The van der Waals surface area contributed by atoms with Gasteiger partial charge >= 0.3 is 0 Å². The molecule has 0 unspecified atom stereocenters. The van der Waals surface area contributed by atoms with Gasteiger partial charge in [0.25, 0.3) is 5.91 Å². The lowest BCUT2D eigenvalue weighted by Gasteiger charge is -2.31. The summed E-state index contributed by atoms with van der Waals surface area (Å²) in [6, 6.07) is 3.02. The van der Waals surface area contributed by atoms with Crippen LogP contribution in [0.15, 0.2) is 17.0 Å². The van der Waals surface area contributed by atoms with Crippen LogP contribution < -0.4 is 11.1 Å². The van der Waals surface area contributed by atoms with E-state index in [0.717, 1.165) is 30.5 Å². The highest BCUT2D eigenvalue weighted by Gasteiger charge is 2.42. The number of aliphatic hydroxyl groups excluding tert-OH is 1. The summed E-state index contributed by atoms with van der Waals surface area (Å²) in [7, 11) is -3.48. The second-order valence-corrected chi connectivity index (χ2v) is 13.1. The van der Waals surface area contributed by atoms with E-state index in [1.807, 2.05) is 18.4 Å². The molecule has 4 N–H and O–H groups in total. The summed E-state index contributed by atoms with van der Waals surface area (Å²) in [5.74, 6) is -1.48. The van der Waals surface area contributed by atoms with Crippen LogP contribution in [0.25, 0.3) is 5.69 Å². The minimum atomic E-state index is -3.48. The number of benzene rings is 1. The monoisotopic (exact) mass is 503 g/mol. The normalized spacial score (nSPS) is 24.9. The third-order valence-corrected chi connectivity index (χ3v) is 9.95. The first-order valence-corrected chi connectivity index (χ1v) is 14.2. The Morgan fingerprint density at radius 3 is 2.51 bits per heavy atom. The van der Waals surface area contributed by atoms with Crippen LogP contribution in [0, 0.1) is 11.2 Å². The molecule has 2 heterocycles. The van der Waals surface area contributed by atoms with Gasteiger partial charge in [0.1, 0.15) is 5.82 Å². The van der Waals surface area contributed by atoms with Gasteiger partial charge in [-0.1, -0.05) is 13.8 Å². The van der Waals surface area contributed by atoms with Gasteiger partial charge in [-0.05, 0) is 80.9 Å². The Morgan fingerprint density at radius 1 is 1.14 bits per heavy atom. The molecular formula is C26H34FN3O4S. The first-order chi connectivity index (χ1) is 16.5. The molecular weight excluding hydrogens is 469 g/mol. The number of sulfone groups is 1. The van der Waals surface area contributed by atoms with Crippen LogP contribution in [-0.2, 0) is 29.1 Å². The lowest BCUT2D eigenvalue weighted by atomic mass is 9.89. The average molecular weight is 504 g/mol. The highest BCUT2D eigenvalue weighted by molar-refractivity contribution is 7.91. The van der Waals surface area contributed by atoms with Crippen molar-refractivity contribution >= 4 is 21.4 Å². The molecule has 1 aromatic heterocycles. The van der Waals surface area contributed by atoms with Gasteiger partial charge < -0.3 is 20.7 Å². The fraction of sp³-hybridized carbons (Fsp3) is 0.577. The largest absolute Gasteiger partial charge is 0.393 e. The van der Waals surface area contributed by atoms with E-state index in [2.05, 4.69) is 5.32 Å². The van der Waals surface area contributed by atoms with Crippen LogP contribution in [0.3, 0.4) is 0 Å². The maximum atomic E-state index is 15.4. The van der Waals surface area contributed by atoms with E-state index in [1.165, 1.54) is 6.07 Å². The van der Waals surface area contributed by atoms with E-state index in [4.69, 9.17) is 5.73 Å². The summed E-state index contributed by atoms with van der Waals surface area (Å²) in [5.41, 5.74) is 8.27. The molecule has 0 spiro atoms. The van der Waals surface area contributed by atoms with E-state index in [1.54, 1.807) is 6.07 Å². The Balaban J connectivity index is 1.69. The van der Waals surface area contributed by atoms with Crippen molar-refractivity contribution in [3.63, 3.8) is 0 Å². The first kappa shape index (κ1) is 24.3. The van der Waals surface area contributed by atoms with Crippen molar-refractivity contribution in [2.45, 2.75) is 88.7 Å². The van der Waals surface area contributed by atoms with Gasteiger partial charge in [-0.2, -0.15) is 0 Å². The standard InChI is InChI=1S/C26H34FN3O4S/c1-26(2)13-22-24(35(33,34)14-26)18-5-3-4-6-21(18)30(22)16-11-19(27)23(25(28)32)20(12-16)29-15-7-9-17(31)10-8-15/h11-12,15,17,29,31H,3-10,13-14H2,1-2H3,(H2,28,32). The zero-order chi connectivity index (χ0) is 25.1. The van der Waals surface area contributed by atoms with Crippen LogP contribution in [0.4, 0.5) is 10.1 Å². The van der Waals surface area contributed by atoms with E-state index in [-0.39, 0.29) is 23.5 Å². The molecule has 0 bridgehead atoms. The maximum absolute atomic E-state index is 15.4. The van der Waals surface area contributed by atoms with E-state index in [9.17, 15) is 18.3 Å². The van der Waals surface area contributed by atoms with Gasteiger partial charge in [-0.15, -0.1) is 0 Å². The van der Waals surface area contributed by atoms with E-state index in [0.29, 0.717) is 60.5 Å². The molecule has 7 nitrogen and oxygen atoms in total. The SMILES string of the molecule is CC1(C)Cc2c(c3c(n2-c2cc(F)c(C(N)=O)c(NC4CCC(O)CC4)c2)CCCC3)S(=O)(=O)C1. The van der Waals surface area contributed by atoms with Crippen molar-refractivity contribution in [1.29, 1.82) is 0 Å². The number of rotatable bonds is 4. The number of nitrogens with zero attached hydrogens (tertiary/aromatic N) is 1. The number of nitrogens with two attached hydrogens (primary N) is 1. The Labute approximate surface area is 205 Å². The Kier molecular flexibility index (Phi) is 5.99. The number of hydrogen-bond acceptors (Lipinski definition) is 5. The number of carbonyl (C=O) groups excluding carboxylic acids is 1. The molecule has 5 rings (SSSR count). The minimum Gasteiger partial charge on any atom is -0.393 e. The Hall–Kier alpha value is -2.39. The predicted octanol–water partition coefficient (Wildman–Crippen LogP) is 3.67. The molecule has 1 aliphatic heterocycles. The number of hydrogen-bond donors (Lipinski definition) is 3. The molecule has 1 amide bonds. The van der Waals surface area contributed by atoms with Crippen molar-refractivity contribution in [2.24, 2.45) is 11.1 Å². The number of aromatic nitrogens is 1. The van der Waals surface area contributed by atoms with Crippen LogP contribution in [0.2, 0.25) is 0 Å². The molecule has 1 saturated carbocycles. The molecule has 2 aromatic rings. The van der Waals surface area contributed by atoms with Crippen LogP contribution >= 0.6 is 0 Å². The van der Waals surface area contributed by atoms with Crippen molar-refractivity contribution in [1.82, 2.24) is 4.57 Å². The van der Waals surface area contributed by atoms with Gasteiger partial charge in [0.15, 0.2) is 9.84 Å². The molecule has 3 aliphatic rings.